The first-order valence-corrected chi connectivity index (χ1v) is 7.25. The highest BCUT2D eigenvalue weighted by Crippen LogP contribution is 2.16. The van der Waals surface area contributed by atoms with Gasteiger partial charge in [0.05, 0.1) is 12.2 Å². The number of carbonyl (C=O) groups excluding carboxylic acids is 1. The lowest BCUT2D eigenvalue weighted by Crippen LogP contribution is -2.20. The molecule has 1 rings (SSSR count). The van der Waals surface area contributed by atoms with Gasteiger partial charge in [0, 0.05) is 18.7 Å². The Bertz CT molecular complexity index is 403. The maximum absolute atomic E-state index is 10.2. The summed E-state index contributed by atoms with van der Waals surface area (Å²) in [4.78, 5) is 14.5. The Kier molecular flexibility index (Phi) is 9.17. The number of nitrogens with zero attached hydrogens (tertiary/aromatic N) is 1. The fourth-order valence-electron chi connectivity index (χ4n) is 1.40. The van der Waals surface area contributed by atoms with E-state index in [-0.39, 0.29) is 5.60 Å². The lowest BCUT2D eigenvalue weighted by molar-refractivity contribution is -0.109. The predicted octanol–water partition coefficient (Wildman–Crippen LogP) is 3.36. The van der Waals surface area contributed by atoms with E-state index in [1.54, 1.807) is 6.07 Å². The van der Waals surface area contributed by atoms with Crippen molar-refractivity contribution in [3.05, 3.63) is 28.5 Å². The highest BCUT2D eigenvalue weighted by molar-refractivity contribution is 6.29. The van der Waals surface area contributed by atoms with E-state index < -0.39 is 0 Å². The fraction of sp³-hybridized carbons (Fsp3) is 0.600. The van der Waals surface area contributed by atoms with Crippen molar-refractivity contribution >= 4 is 18.0 Å². The highest BCUT2D eigenvalue weighted by atomic mass is 35.5. The number of carbonyl (C=O) groups is 1. The number of nitrogens with one attached hydrogen (secondary N) is 1. The van der Waals surface area contributed by atoms with E-state index in [1.165, 1.54) is 0 Å². The summed E-state index contributed by atoms with van der Waals surface area (Å²) in [5.74, 6) is 0. The van der Waals surface area contributed by atoms with E-state index in [2.05, 4.69) is 10.3 Å². The molecule has 0 aromatic carbocycles. The third kappa shape index (κ3) is 8.12. The van der Waals surface area contributed by atoms with Crippen LogP contribution in [0.5, 0.6) is 0 Å². The number of hydrogen-bond donors (Lipinski definition) is 1. The van der Waals surface area contributed by atoms with E-state index >= 15 is 0 Å². The van der Waals surface area contributed by atoms with Gasteiger partial charge < -0.3 is 10.1 Å². The molecule has 1 aromatic heterocycles. The van der Waals surface area contributed by atoms with Crippen LogP contribution in [0.1, 0.15) is 45.9 Å². The highest BCUT2D eigenvalue weighted by Gasteiger charge is 2.12. The molecule has 0 saturated heterocycles. The van der Waals surface area contributed by atoms with Crippen molar-refractivity contribution in [2.75, 3.05) is 6.54 Å². The molecule has 5 heteroatoms. The summed E-state index contributed by atoms with van der Waals surface area (Å²) in [5, 5.41) is 3.07. The summed E-state index contributed by atoms with van der Waals surface area (Å²) >= 11 is 5.88. The van der Waals surface area contributed by atoms with Gasteiger partial charge in [0.2, 0.25) is 6.41 Å². The van der Waals surface area contributed by atoms with Crippen molar-refractivity contribution in [2.45, 2.75) is 53.2 Å². The number of pyridine rings is 1. The van der Waals surface area contributed by atoms with Crippen LogP contribution in [0.25, 0.3) is 0 Å². The van der Waals surface area contributed by atoms with E-state index in [0.717, 1.165) is 11.3 Å². The van der Waals surface area contributed by atoms with Crippen molar-refractivity contribution in [3.63, 3.8) is 0 Å². The fourth-order valence-corrected chi connectivity index (χ4v) is 1.56. The van der Waals surface area contributed by atoms with E-state index in [0.29, 0.717) is 31.1 Å². The molecule has 0 fully saturated rings. The van der Waals surface area contributed by atoms with Gasteiger partial charge in [-0.25, -0.2) is 4.98 Å². The molecule has 0 unspecified atom stereocenters. The molecule has 0 spiro atoms. The summed E-state index contributed by atoms with van der Waals surface area (Å²) in [5.41, 5.74) is 1.67. The molecular weight excluding hydrogens is 276 g/mol. The Morgan fingerprint density at radius 1 is 1.35 bits per heavy atom. The quantitative estimate of drug-likeness (QED) is 0.498. The minimum Gasteiger partial charge on any atom is -0.371 e. The van der Waals surface area contributed by atoms with Crippen LogP contribution < -0.4 is 5.32 Å². The number of ether oxygens (including phenoxy) is 1. The zero-order valence-corrected chi connectivity index (χ0v) is 13.8. The molecule has 20 heavy (non-hydrogen) atoms. The molecule has 0 aliphatic heterocycles. The SMILES string of the molecule is CC.CC(C)(C)OCc1ccc(Cl)nc1CCNC=O. The summed E-state index contributed by atoms with van der Waals surface area (Å²) in [7, 11) is 0. The molecule has 1 amide bonds. The zero-order chi connectivity index (χ0) is 15.6. The number of amides is 1. The second kappa shape index (κ2) is 9.72. The van der Waals surface area contributed by atoms with Gasteiger partial charge in [-0.2, -0.15) is 0 Å². The first-order chi connectivity index (χ1) is 9.42. The molecule has 0 bridgehead atoms. The van der Waals surface area contributed by atoms with Gasteiger partial charge in [0.1, 0.15) is 5.15 Å². The predicted molar refractivity (Wildman–Crippen MR) is 82.9 cm³/mol. The number of rotatable bonds is 6. The lowest BCUT2D eigenvalue weighted by atomic mass is 10.1. The summed E-state index contributed by atoms with van der Waals surface area (Å²) < 4.78 is 5.73. The maximum Gasteiger partial charge on any atom is 0.207 e. The van der Waals surface area contributed by atoms with Crippen LogP contribution in [0.2, 0.25) is 5.15 Å². The summed E-state index contributed by atoms with van der Waals surface area (Å²) in [6, 6.07) is 3.66. The van der Waals surface area contributed by atoms with E-state index in [1.807, 2.05) is 40.7 Å². The molecule has 1 aromatic rings. The van der Waals surface area contributed by atoms with Gasteiger partial charge in [0.15, 0.2) is 0 Å². The molecule has 1 heterocycles. The number of aromatic nitrogens is 1. The van der Waals surface area contributed by atoms with E-state index in [4.69, 9.17) is 16.3 Å². The van der Waals surface area contributed by atoms with Crippen LogP contribution in [0, 0.1) is 0 Å². The number of halogens is 1. The lowest BCUT2D eigenvalue weighted by Gasteiger charge is -2.20. The van der Waals surface area contributed by atoms with Crippen molar-refractivity contribution in [1.29, 1.82) is 0 Å². The van der Waals surface area contributed by atoms with Crippen LogP contribution >= 0.6 is 11.6 Å². The maximum atomic E-state index is 10.2. The van der Waals surface area contributed by atoms with Crippen LogP contribution in [0.3, 0.4) is 0 Å². The molecule has 0 aliphatic rings. The first-order valence-electron chi connectivity index (χ1n) is 6.87. The second-order valence-electron chi connectivity index (χ2n) is 4.96. The largest absolute Gasteiger partial charge is 0.371 e. The first kappa shape index (κ1) is 18.9. The van der Waals surface area contributed by atoms with Crippen LogP contribution in [-0.2, 0) is 22.6 Å². The topological polar surface area (TPSA) is 51.2 Å². The summed E-state index contributed by atoms with van der Waals surface area (Å²) in [6.45, 7) is 11.0. The Morgan fingerprint density at radius 3 is 2.55 bits per heavy atom. The monoisotopic (exact) mass is 300 g/mol. The Balaban J connectivity index is 0.00000172. The van der Waals surface area contributed by atoms with Crippen molar-refractivity contribution in [2.24, 2.45) is 0 Å². The Labute approximate surface area is 126 Å². The van der Waals surface area contributed by atoms with Crippen LogP contribution in [0.15, 0.2) is 12.1 Å². The van der Waals surface area contributed by atoms with Gasteiger partial charge >= 0.3 is 0 Å². The molecular formula is C15H25ClN2O2. The van der Waals surface area contributed by atoms with Gasteiger partial charge in [-0.05, 0) is 32.4 Å². The van der Waals surface area contributed by atoms with Crippen LogP contribution in [0.4, 0.5) is 0 Å². The molecule has 1 N–H and O–H groups in total. The summed E-state index contributed by atoms with van der Waals surface area (Å²) in [6.07, 6.45) is 1.32. The van der Waals surface area contributed by atoms with Gasteiger partial charge in [-0.3, -0.25) is 4.79 Å². The third-order valence-electron chi connectivity index (χ3n) is 2.28. The van der Waals surface area contributed by atoms with Gasteiger partial charge in [0.25, 0.3) is 0 Å². The Morgan fingerprint density at radius 2 is 2.00 bits per heavy atom. The van der Waals surface area contributed by atoms with Crippen molar-refractivity contribution < 1.29 is 9.53 Å². The molecule has 0 aliphatic carbocycles. The standard InChI is InChI=1S/C13H19ClN2O2.C2H6/c1-13(2,3)18-8-10-4-5-12(14)16-11(10)6-7-15-9-17;1-2/h4-5,9H,6-8H2,1-3H3,(H,15,17);1-2H3. The van der Waals surface area contributed by atoms with Gasteiger partial charge in [-0.15, -0.1) is 0 Å². The van der Waals surface area contributed by atoms with E-state index in [9.17, 15) is 4.79 Å². The molecule has 0 radical (unpaired) electrons. The number of hydrogen-bond acceptors (Lipinski definition) is 3. The minimum atomic E-state index is -0.196. The van der Waals surface area contributed by atoms with Crippen molar-refractivity contribution in [3.8, 4) is 0 Å². The normalized spacial score (nSPS) is 10.5. The smallest absolute Gasteiger partial charge is 0.207 e. The average molecular weight is 301 g/mol. The molecule has 114 valence electrons. The van der Waals surface area contributed by atoms with Crippen LogP contribution in [-0.4, -0.2) is 23.5 Å². The zero-order valence-electron chi connectivity index (χ0n) is 13.0. The second-order valence-corrected chi connectivity index (χ2v) is 5.35. The van der Waals surface area contributed by atoms with Gasteiger partial charge in [-0.1, -0.05) is 31.5 Å². The molecule has 4 nitrogen and oxygen atoms in total. The molecule has 0 atom stereocenters. The average Bonchev–Trinajstić information content (AvgIpc) is 2.39. The minimum absolute atomic E-state index is 0.196. The molecule has 0 saturated carbocycles. The Hall–Kier alpha value is -1.13. The van der Waals surface area contributed by atoms with Crippen molar-refractivity contribution in [1.82, 2.24) is 10.3 Å². The third-order valence-corrected chi connectivity index (χ3v) is 2.50.